The molecule has 0 aliphatic rings. The van der Waals surface area contributed by atoms with Crippen molar-refractivity contribution in [3.8, 4) is 0 Å². The minimum absolute atomic E-state index is 0.0507. The number of benzene rings is 1. The third kappa shape index (κ3) is 5.18. The van der Waals surface area contributed by atoms with Crippen LogP contribution >= 0.6 is 0 Å². The van der Waals surface area contributed by atoms with E-state index in [0.717, 1.165) is 16.5 Å². The van der Waals surface area contributed by atoms with Crippen molar-refractivity contribution in [2.45, 2.75) is 53.0 Å². The molecule has 146 valence electrons. The normalized spacial score (nSPS) is 12.5. The first-order valence-electron chi connectivity index (χ1n) is 9.36. The Bertz CT molecular complexity index is 836. The number of carbonyl (C=O) groups excluding carboxylic acids is 2. The summed E-state index contributed by atoms with van der Waals surface area (Å²) in [5, 5.41) is 13.0. The predicted octanol–water partition coefficient (Wildman–Crippen LogP) is 3.49. The molecule has 0 fully saturated rings. The number of amides is 1. The molecule has 1 amide bonds. The number of fused-ring (bicyclic) bond motifs is 1. The van der Waals surface area contributed by atoms with E-state index in [1.54, 1.807) is 10.8 Å². The van der Waals surface area contributed by atoms with Crippen LogP contribution in [0.2, 0.25) is 0 Å². The summed E-state index contributed by atoms with van der Waals surface area (Å²) in [6, 6.07) is 6.38. The second kappa shape index (κ2) is 8.84. The summed E-state index contributed by atoms with van der Waals surface area (Å²) >= 11 is 0. The van der Waals surface area contributed by atoms with E-state index in [2.05, 4.69) is 5.32 Å². The van der Waals surface area contributed by atoms with Crippen LogP contribution in [0.5, 0.6) is 0 Å². The molecule has 27 heavy (non-hydrogen) atoms. The van der Waals surface area contributed by atoms with Gasteiger partial charge >= 0.3 is 5.97 Å². The number of carboxylic acids is 1. The number of aromatic nitrogens is 1. The van der Waals surface area contributed by atoms with Gasteiger partial charge in [-0.25, -0.2) is 4.79 Å². The van der Waals surface area contributed by atoms with E-state index in [1.807, 2.05) is 52.0 Å². The highest BCUT2D eigenvalue weighted by atomic mass is 16.4. The average molecular weight is 372 g/mol. The second-order valence-electron chi connectivity index (χ2n) is 7.63. The van der Waals surface area contributed by atoms with Crippen molar-refractivity contribution in [3.63, 3.8) is 0 Å². The molecule has 2 N–H and O–H groups in total. The monoisotopic (exact) mass is 372 g/mol. The van der Waals surface area contributed by atoms with Crippen molar-refractivity contribution in [2.75, 3.05) is 0 Å². The summed E-state index contributed by atoms with van der Waals surface area (Å²) < 4.78 is 1.58. The van der Waals surface area contributed by atoms with Gasteiger partial charge in [0.05, 0.1) is 5.52 Å². The van der Waals surface area contributed by atoms with Gasteiger partial charge in [-0.15, -0.1) is 0 Å². The quantitative estimate of drug-likeness (QED) is 0.742. The number of hydrogen-bond donors (Lipinski definition) is 2. The molecule has 6 heteroatoms. The molecule has 0 saturated carbocycles. The van der Waals surface area contributed by atoms with Crippen molar-refractivity contribution in [1.82, 2.24) is 9.88 Å². The molecule has 0 bridgehead atoms. The van der Waals surface area contributed by atoms with E-state index in [1.165, 1.54) is 0 Å². The average Bonchev–Trinajstić information content (AvgIpc) is 2.97. The summed E-state index contributed by atoms with van der Waals surface area (Å²) in [5.41, 5.74) is 1.48. The van der Waals surface area contributed by atoms with Gasteiger partial charge in [-0.3, -0.25) is 14.2 Å². The lowest BCUT2D eigenvalue weighted by Gasteiger charge is -2.15. The molecule has 1 aromatic carbocycles. The molecule has 0 radical (unpaired) electrons. The fourth-order valence-corrected chi connectivity index (χ4v) is 2.98. The third-order valence-corrected chi connectivity index (χ3v) is 4.53. The molecule has 0 aliphatic heterocycles. The minimum Gasteiger partial charge on any atom is -0.480 e. The first-order chi connectivity index (χ1) is 12.7. The molecular formula is C21H28N2O4. The van der Waals surface area contributed by atoms with Gasteiger partial charge in [0.15, 0.2) is 0 Å². The summed E-state index contributed by atoms with van der Waals surface area (Å²) in [7, 11) is 0. The van der Waals surface area contributed by atoms with Crippen molar-refractivity contribution in [3.05, 3.63) is 36.0 Å². The molecule has 0 spiro atoms. The van der Waals surface area contributed by atoms with E-state index in [-0.39, 0.29) is 24.2 Å². The van der Waals surface area contributed by atoms with E-state index in [4.69, 9.17) is 0 Å². The van der Waals surface area contributed by atoms with Gasteiger partial charge in [0, 0.05) is 30.3 Å². The number of hydrogen-bond acceptors (Lipinski definition) is 3. The lowest BCUT2D eigenvalue weighted by molar-refractivity contribution is -0.141. The van der Waals surface area contributed by atoms with Crippen LogP contribution < -0.4 is 5.32 Å². The Labute approximate surface area is 159 Å². The van der Waals surface area contributed by atoms with Crippen LogP contribution in [0.15, 0.2) is 30.5 Å². The highest BCUT2D eigenvalue weighted by Crippen LogP contribution is 2.24. The SMILES string of the molecule is CC(C)CCC(=O)N[C@@H](Cc1cn(C(=O)C(C)C)c2ccccc12)C(=O)O. The largest absolute Gasteiger partial charge is 0.480 e. The van der Waals surface area contributed by atoms with Crippen LogP contribution in [0, 0.1) is 11.8 Å². The van der Waals surface area contributed by atoms with Gasteiger partial charge in [-0.2, -0.15) is 0 Å². The number of rotatable bonds is 8. The predicted molar refractivity (Wildman–Crippen MR) is 105 cm³/mol. The smallest absolute Gasteiger partial charge is 0.326 e. The van der Waals surface area contributed by atoms with Gasteiger partial charge in [0.1, 0.15) is 6.04 Å². The Morgan fingerprint density at radius 1 is 1.11 bits per heavy atom. The molecule has 6 nitrogen and oxygen atoms in total. The van der Waals surface area contributed by atoms with Crippen LogP contribution in [-0.2, 0) is 16.0 Å². The van der Waals surface area contributed by atoms with Crippen molar-refractivity contribution in [1.29, 1.82) is 0 Å². The fraction of sp³-hybridized carbons (Fsp3) is 0.476. The molecule has 0 saturated heterocycles. The maximum Gasteiger partial charge on any atom is 0.326 e. The van der Waals surface area contributed by atoms with Crippen molar-refractivity contribution < 1.29 is 19.5 Å². The first kappa shape index (κ1) is 20.7. The Morgan fingerprint density at radius 2 is 1.78 bits per heavy atom. The van der Waals surface area contributed by atoms with Crippen molar-refractivity contribution in [2.24, 2.45) is 11.8 Å². The van der Waals surface area contributed by atoms with Gasteiger partial charge < -0.3 is 10.4 Å². The van der Waals surface area contributed by atoms with E-state index < -0.39 is 12.0 Å². The minimum atomic E-state index is -1.08. The van der Waals surface area contributed by atoms with Crippen LogP contribution in [0.25, 0.3) is 10.9 Å². The maximum absolute atomic E-state index is 12.5. The molecule has 1 heterocycles. The number of nitrogens with zero attached hydrogens (tertiary/aromatic N) is 1. The number of para-hydroxylation sites is 1. The van der Waals surface area contributed by atoms with E-state index in [0.29, 0.717) is 18.8 Å². The number of carbonyl (C=O) groups is 3. The van der Waals surface area contributed by atoms with Gasteiger partial charge in [0.2, 0.25) is 11.8 Å². The Morgan fingerprint density at radius 3 is 2.37 bits per heavy atom. The van der Waals surface area contributed by atoms with Crippen LogP contribution in [0.1, 0.15) is 50.9 Å². The Kier molecular flexibility index (Phi) is 6.77. The standard InChI is InChI=1S/C21H28N2O4/c1-13(2)9-10-19(24)22-17(21(26)27)11-15-12-23(20(25)14(3)4)18-8-6-5-7-16(15)18/h5-8,12-14,17H,9-11H2,1-4H3,(H,22,24)(H,26,27)/t17-/m0/s1. The Hall–Kier alpha value is -2.63. The zero-order chi connectivity index (χ0) is 20.1. The van der Waals surface area contributed by atoms with Crippen LogP contribution in [-0.4, -0.2) is 33.5 Å². The lowest BCUT2D eigenvalue weighted by atomic mass is 10.0. The molecular weight excluding hydrogens is 344 g/mol. The van der Waals surface area contributed by atoms with Gasteiger partial charge in [-0.05, 0) is 24.0 Å². The molecule has 2 aromatic rings. The van der Waals surface area contributed by atoms with E-state index >= 15 is 0 Å². The van der Waals surface area contributed by atoms with E-state index in [9.17, 15) is 19.5 Å². The van der Waals surface area contributed by atoms with Crippen LogP contribution in [0.4, 0.5) is 0 Å². The van der Waals surface area contributed by atoms with Gasteiger partial charge in [-0.1, -0.05) is 45.9 Å². The Balaban J connectivity index is 2.28. The summed E-state index contributed by atoms with van der Waals surface area (Å²) in [5.74, 6) is -1.21. The van der Waals surface area contributed by atoms with Crippen molar-refractivity contribution >= 4 is 28.7 Å². The summed E-state index contributed by atoms with van der Waals surface area (Å²) in [4.78, 5) is 36.3. The highest BCUT2D eigenvalue weighted by molar-refractivity contribution is 5.95. The summed E-state index contributed by atoms with van der Waals surface area (Å²) in [6.45, 7) is 7.68. The molecule has 1 atom stereocenters. The molecule has 2 rings (SSSR count). The zero-order valence-corrected chi connectivity index (χ0v) is 16.4. The number of aliphatic carboxylic acids is 1. The van der Waals surface area contributed by atoms with Crippen LogP contribution in [0.3, 0.4) is 0 Å². The zero-order valence-electron chi connectivity index (χ0n) is 16.4. The summed E-state index contributed by atoms with van der Waals surface area (Å²) in [6.07, 6.45) is 2.83. The lowest BCUT2D eigenvalue weighted by Crippen LogP contribution is -2.42. The maximum atomic E-state index is 12.5. The second-order valence-corrected chi connectivity index (χ2v) is 7.63. The topological polar surface area (TPSA) is 88.4 Å². The molecule has 0 unspecified atom stereocenters. The third-order valence-electron chi connectivity index (χ3n) is 4.53. The first-order valence-corrected chi connectivity index (χ1v) is 9.36. The fourth-order valence-electron chi connectivity index (χ4n) is 2.98. The highest BCUT2D eigenvalue weighted by Gasteiger charge is 2.24. The molecule has 1 aromatic heterocycles. The number of nitrogens with one attached hydrogen (secondary N) is 1. The number of carboxylic acid groups (broad SMARTS) is 1. The van der Waals surface area contributed by atoms with Gasteiger partial charge in [0.25, 0.3) is 0 Å². The molecule has 0 aliphatic carbocycles.